The van der Waals surface area contributed by atoms with Gasteiger partial charge in [-0.1, -0.05) is 32.0 Å². The molecule has 5 heteroatoms. The zero-order valence-corrected chi connectivity index (χ0v) is 18.7. The number of aryl methyl sites for hydroxylation is 3. The summed E-state index contributed by atoms with van der Waals surface area (Å²) in [5.74, 6) is 0.583. The first-order chi connectivity index (χ1) is 14.4. The Kier molecular flexibility index (Phi) is 6.83. The Bertz CT molecular complexity index is 1030. The number of quaternary nitrogens is 1. The molecular weight excluding hydrogens is 376 g/mol. The van der Waals surface area contributed by atoms with Crippen LogP contribution in [0, 0.1) is 6.92 Å². The molecule has 0 saturated carbocycles. The van der Waals surface area contributed by atoms with Crippen LogP contribution in [0.25, 0.3) is 11.0 Å². The van der Waals surface area contributed by atoms with E-state index in [0.717, 1.165) is 53.7 Å². The molecular formula is C25H33N2O3+. The maximum absolute atomic E-state index is 13.5. The van der Waals surface area contributed by atoms with Gasteiger partial charge in [-0.25, -0.2) is 0 Å². The van der Waals surface area contributed by atoms with Gasteiger partial charge < -0.3 is 19.7 Å². The molecule has 0 aliphatic carbocycles. The lowest BCUT2D eigenvalue weighted by atomic mass is 10.0. The minimum Gasteiger partial charge on any atom is -0.507 e. The number of rotatable bonds is 8. The fraction of sp³-hybridized carbons (Fsp3) is 0.400. The molecule has 0 spiro atoms. The number of phenols is 1. The fourth-order valence-electron chi connectivity index (χ4n) is 4.15. The molecule has 3 aromatic rings. The van der Waals surface area contributed by atoms with Crippen LogP contribution >= 0.6 is 0 Å². The molecule has 1 amide bonds. The Hall–Kier alpha value is -2.79. The van der Waals surface area contributed by atoms with Crippen molar-refractivity contribution in [1.29, 1.82) is 0 Å². The number of fused-ring (bicyclic) bond motifs is 1. The molecule has 0 fully saturated rings. The van der Waals surface area contributed by atoms with Gasteiger partial charge in [0, 0.05) is 11.1 Å². The van der Waals surface area contributed by atoms with Crippen LogP contribution in [-0.2, 0) is 19.4 Å². The third kappa shape index (κ3) is 4.08. The minimum absolute atomic E-state index is 0.191. The topological polar surface area (TPSA) is 66.9 Å². The maximum atomic E-state index is 13.5. The van der Waals surface area contributed by atoms with Gasteiger partial charge in [0.2, 0.25) is 0 Å². The fourth-order valence-corrected chi connectivity index (χ4v) is 4.15. The quantitative estimate of drug-likeness (QED) is 0.521. The van der Waals surface area contributed by atoms with Gasteiger partial charge in [-0.05, 0) is 56.9 Å². The van der Waals surface area contributed by atoms with Gasteiger partial charge in [0.25, 0.3) is 5.91 Å². The van der Waals surface area contributed by atoms with Crippen LogP contribution in [0.5, 0.6) is 5.75 Å². The summed E-state index contributed by atoms with van der Waals surface area (Å²) in [6.45, 7) is 12.8. The molecule has 0 radical (unpaired) electrons. The van der Waals surface area contributed by atoms with Gasteiger partial charge >= 0.3 is 0 Å². The van der Waals surface area contributed by atoms with Crippen molar-refractivity contribution in [3.8, 4) is 5.75 Å². The lowest BCUT2D eigenvalue weighted by Crippen LogP contribution is -3.10. The van der Waals surface area contributed by atoms with Crippen LogP contribution in [0.15, 0.2) is 34.7 Å². The summed E-state index contributed by atoms with van der Waals surface area (Å²) in [7, 11) is 0. The predicted molar refractivity (Wildman–Crippen MR) is 122 cm³/mol. The highest BCUT2D eigenvalue weighted by Crippen LogP contribution is 2.34. The van der Waals surface area contributed by atoms with Crippen LogP contribution in [0.3, 0.4) is 0 Å². The molecule has 160 valence electrons. The van der Waals surface area contributed by atoms with E-state index in [1.54, 1.807) is 12.1 Å². The summed E-state index contributed by atoms with van der Waals surface area (Å²) >= 11 is 0. The molecule has 0 bridgehead atoms. The summed E-state index contributed by atoms with van der Waals surface area (Å²) < 4.78 is 5.93. The van der Waals surface area contributed by atoms with Crippen molar-refractivity contribution in [3.05, 3.63) is 58.3 Å². The van der Waals surface area contributed by atoms with Crippen molar-refractivity contribution in [2.75, 3.05) is 18.4 Å². The SMILES string of the molecule is CCc1cccc(CC)c1NC(=O)c1c(C)oc2ccc(O)c(C[NH+](CC)CC)c12. The number of para-hydroxylation sites is 1. The number of hydrogen-bond donors (Lipinski definition) is 3. The second-order valence-corrected chi connectivity index (χ2v) is 7.72. The number of amides is 1. The molecule has 1 heterocycles. The highest BCUT2D eigenvalue weighted by atomic mass is 16.3. The second kappa shape index (κ2) is 9.35. The van der Waals surface area contributed by atoms with Gasteiger partial charge in [-0.15, -0.1) is 0 Å². The first kappa shape index (κ1) is 21.9. The highest BCUT2D eigenvalue weighted by molar-refractivity contribution is 6.14. The third-order valence-corrected chi connectivity index (χ3v) is 6.01. The van der Waals surface area contributed by atoms with E-state index in [4.69, 9.17) is 4.42 Å². The molecule has 0 atom stereocenters. The zero-order valence-electron chi connectivity index (χ0n) is 18.7. The van der Waals surface area contributed by atoms with Gasteiger partial charge in [0.15, 0.2) is 0 Å². The molecule has 0 aliphatic rings. The van der Waals surface area contributed by atoms with E-state index in [9.17, 15) is 9.90 Å². The molecule has 3 N–H and O–H groups in total. The van der Waals surface area contributed by atoms with Crippen LogP contribution in [0.2, 0.25) is 0 Å². The minimum atomic E-state index is -0.191. The summed E-state index contributed by atoms with van der Waals surface area (Å²) in [5, 5.41) is 14.5. The van der Waals surface area contributed by atoms with E-state index in [-0.39, 0.29) is 11.7 Å². The number of phenolic OH excluding ortho intramolecular Hbond substituents is 1. The summed E-state index contributed by atoms with van der Waals surface area (Å²) in [6.07, 6.45) is 1.68. The Balaban J connectivity index is 2.11. The number of hydrogen-bond acceptors (Lipinski definition) is 3. The van der Waals surface area contributed by atoms with E-state index in [2.05, 4.69) is 45.1 Å². The number of carbonyl (C=O) groups excluding carboxylic acids is 1. The molecule has 0 aliphatic heterocycles. The van der Waals surface area contributed by atoms with Crippen molar-refractivity contribution in [2.24, 2.45) is 0 Å². The van der Waals surface area contributed by atoms with E-state index in [1.807, 2.05) is 13.0 Å². The maximum Gasteiger partial charge on any atom is 0.259 e. The van der Waals surface area contributed by atoms with Crippen LogP contribution in [-0.4, -0.2) is 24.1 Å². The largest absolute Gasteiger partial charge is 0.507 e. The molecule has 0 unspecified atom stereocenters. The summed E-state index contributed by atoms with van der Waals surface area (Å²) in [5.41, 5.74) is 5.03. The number of anilines is 1. The van der Waals surface area contributed by atoms with Gasteiger partial charge in [0.05, 0.1) is 24.2 Å². The van der Waals surface area contributed by atoms with E-state index in [1.165, 1.54) is 4.90 Å². The number of carbonyl (C=O) groups is 1. The van der Waals surface area contributed by atoms with E-state index in [0.29, 0.717) is 23.5 Å². The number of benzene rings is 2. The first-order valence-corrected chi connectivity index (χ1v) is 10.9. The normalized spacial score (nSPS) is 11.4. The summed E-state index contributed by atoms with van der Waals surface area (Å²) in [4.78, 5) is 14.8. The second-order valence-electron chi connectivity index (χ2n) is 7.72. The standard InChI is InChI=1S/C25H32N2O3/c1-6-17-11-10-12-18(7-2)24(17)26-25(29)22-16(5)30-21-14-13-20(28)19(23(21)22)15-27(8-3)9-4/h10-14,28H,6-9,15H2,1-5H3,(H,26,29)/p+1. The van der Waals surface area contributed by atoms with Gasteiger partial charge in [-0.3, -0.25) is 4.79 Å². The van der Waals surface area contributed by atoms with Crippen molar-refractivity contribution in [3.63, 3.8) is 0 Å². The Labute approximate surface area is 178 Å². The molecule has 2 aromatic carbocycles. The Morgan fingerprint density at radius 1 is 1.03 bits per heavy atom. The highest BCUT2D eigenvalue weighted by Gasteiger charge is 2.25. The number of nitrogens with one attached hydrogen (secondary N) is 2. The van der Waals surface area contributed by atoms with Crippen LogP contribution in [0.4, 0.5) is 5.69 Å². The average Bonchev–Trinajstić information content (AvgIpc) is 3.09. The first-order valence-electron chi connectivity index (χ1n) is 10.9. The summed E-state index contributed by atoms with van der Waals surface area (Å²) in [6, 6.07) is 9.54. The van der Waals surface area contributed by atoms with E-state index >= 15 is 0 Å². The van der Waals surface area contributed by atoms with Crippen molar-refractivity contribution in [2.45, 2.75) is 54.0 Å². The van der Waals surface area contributed by atoms with Gasteiger partial charge in [0.1, 0.15) is 23.6 Å². The van der Waals surface area contributed by atoms with Gasteiger partial charge in [-0.2, -0.15) is 0 Å². The smallest absolute Gasteiger partial charge is 0.259 e. The third-order valence-electron chi connectivity index (χ3n) is 6.01. The van der Waals surface area contributed by atoms with Crippen molar-refractivity contribution in [1.82, 2.24) is 0 Å². The predicted octanol–water partition coefficient (Wildman–Crippen LogP) is 4.25. The average molecular weight is 410 g/mol. The van der Waals surface area contributed by atoms with Crippen LogP contribution in [0.1, 0.15) is 60.5 Å². The molecule has 3 rings (SSSR count). The number of furan rings is 1. The lowest BCUT2D eigenvalue weighted by molar-refractivity contribution is -0.910. The van der Waals surface area contributed by atoms with Crippen LogP contribution < -0.4 is 10.2 Å². The molecule has 5 nitrogen and oxygen atoms in total. The molecule has 1 aromatic heterocycles. The molecule has 30 heavy (non-hydrogen) atoms. The lowest BCUT2D eigenvalue weighted by Gasteiger charge is -2.17. The number of aromatic hydroxyl groups is 1. The zero-order chi connectivity index (χ0) is 21.8. The van der Waals surface area contributed by atoms with E-state index < -0.39 is 0 Å². The molecule has 0 saturated heterocycles. The van der Waals surface area contributed by atoms with Crippen molar-refractivity contribution >= 4 is 22.6 Å². The van der Waals surface area contributed by atoms with Crippen molar-refractivity contribution < 1.29 is 19.2 Å². The Morgan fingerprint density at radius 3 is 2.23 bits per heavy atom. The Morgan fingerprint density at radius 2 is 1.67 bits per heavy atom. The monoisotopic (exact) mass is 409 g/mol.